The largest absolute Gasteiger partial charge is 0.486 e. The molecule has 0 saturated heterocycles. The van der Waals surface area contributed by atoms with Crippen LogP contribution in [0.25, 0.3) is 0 Å². The predicted molar refractivity (Wildman–Crippen MR) is 85.6 cm³/mol. The lowest BCUT2D eigenvalue weighted by Crippen LogP contribution is -2.35. The SMILES string of the molecule is CCCC(N)C(=O)Nc1ccccc1OC(C)(C)C.Cl. The van der Waals surface area contributed by atoms with Crippen molar-refractivity contribution in [1.82, 2.24) is 0 Å². The van der Waals surface area contributed by atoms with E-state index < -0.39 is 6.04 Å². The number of benzene rings is 1. The van der Waals surface area contributed by atoms with Gasteiger partial charge in [0.15, 0.2) is 0 Å². The molecule has 0 aromatic heterocycles. The summed E-state index contributed by atoms with van der Waals surface area (Å²) in [7, 11) is 0. The third-order valence-electron chi connectivity index (χ3n) is 2.50. The Kier molecular flexibility index (Phi) is 7.61. The van der Waals surface area contributed by atoms with Gasteiger partial charge in [0.2, 0.25) is 5.91 Å². The molecule has 0 fully saturated rings. The molecule has 1 aromatic rings. The van der Waals surface area contributed by atoms with Crippen LogP contribution in [0.2, 0.25) is 0 Å². The molecule has 4 nitrogen and oxygen atoms in total. The second-order valence-corrected chi connectivity index (χ2v) is 5.60. The number of hydrogen-bond acceptors (Lipinski definition) is 3. The van der Waals surface area contributed by atoms with Gasteiger partial charge in [0, 0.05) is 0 Å². The summed E-state index contributed by atoms with van der Waals surface area (Å²) in [5, 5.41) is 2.83. The fourth-order valence-electron chi connectivity index (χ4n) is 1.66. The monoisotopic (exact) mass is 300 g/mol. The number of ether oxygens (including phenoxy) is 1. The molecule has 0 heterocycles. The van der Waals surface area contributed by atoms with E-state index in [-0.39, 0.29) is 23.9 Å². The van der Waals surface area contributed by atoms with Crippen LogP contribution < -0.4 is 15.8 Å². The standard InChI is InChI=1S/C15H24N2O2.ClH/c1-5-8-11(16)14(18)17-12-9-6-7-10-13(12)19-15(2,3)4;/h6-7,9-11H,5,8,16H2,1-4H3,(H,17,18);1H. The van der Waals surface area contributed by atoms with Crippen molar-refractivity contribution in [2.45, 2.75) is 52.2 Å². The number of anilines is 1. The first-order valence-electron chi connectivity index (χ1n) is 6.68. The van der Waals surface area contributed by atoms with Crippen LogP contribution in [0.5, 0.6) is 5.75 Å². The highest BCUT2D eigenvalue weighted by atomic mass is 35.5. The first-order chi connectivity index (χ1) is 8.83. The normalized spacial score (nSPS) is 12.2. The number of amides is 1. The Morgan fingerprint density at radius 3 is 2.50 bits per heavy atom. The number of para-hydroxylation sites is 2. The average Bonchev–Trinajstić information content (AvgIpc) is 2.30. The van der Waals surface area contributed by atoms with Crippen LogP contribution >= 0.6 is 12.4 Å². The van der Waals surface area contributed by atoms with Gasteiger partial charge >= 0.3 is 0 Å². The van der Waals surface area contributed by atoms with E-state index in [0.29, 0.717) is 17.9 Å². The maximum Gasteiger partial charge on any atom is 0.241 e. The molecule has 1 amide bonds. The quantitative estimate of drug-likeness (QED) is 0.876. The van der Waals surface area contributed by atoms with Crippen LogP contribution in [-0.4, -0.2) is 17.6 Å². The minimum Gasteiger partial charge on any atom is -0.486 e. The van der Waals surface area contributed by atoms with Gasteiger partial charge in [-0.25, -0.2) is 0 Å². The molecule has 0 aliphatic heterocycles. The molecule has 0 saturated carbocycles. The molecule has 0 aliphatic carbocycles. The lowest BCUT2D eigenvalue weighted by atomic mass is 10.1. The van der Waals surface area contributed by atoms with Gasteiger partial charge < -0.3 is 15.8 Å². The molecule has 20 heavy (non-hydrogen) atoms. The van der Waals surface area contributed by atoms with Crippen LogP contribution in [0.1, 0.15) is 40.5 Å². The molecule has 3 N–H and O–H groups in total. The van der Waals surface area contributed by atoms with Crippen LogP contribution in [0.4, 0.5) is 5.69 Å². The third-order valence-corrected chi connectivity index (χ3v) is 2.50. The first kappa shape index (κ1) is 18.7. The number of carbonyl (C=O) groups excluding carboxylic acids is 1. The van der Waals surface area contributed by atoms with Gasteiger partial charge in [-0.3, -0.25) is 4.79 Å². The highest BCUT2D eigenvalue weighted by molar-refractivity contribution is 5.95. The predicted octanol–water partition coefficient (Wildman–Crippen LogP) is 3.35. The molecule has 114 valence electrons. The highest BCUT2D eigenvalue weighted by Gasteiger charge is 2.17. The van der Waals surface area contributed by atoms with Gasteiger partial charge in [0.1, 0.15) is 11.4 Å². The van der Waals surface area contributed by atoms with Crippen molar-refractivity contribution in [2.75, 3.05) is 5.32 Å². The Bertz CT molecular complexity index is 430. The minimum atomic E-state index is -0.479. The molecule has 1 atom stereocenters. The van der Waals surface area contributed by atoms with Crippen molar-refractivity contribution in [2.24, 2.45) is 5.73 Å². The Labute approximate surface area is 127 Å². The van der Waals surface area contributed by atoms with Gasteiger partial charge in [-0.1, -0.05) is 25.5 Å². The van der Waals surface area contributed by atoms with E-state index in [4.69, 9.17) is 10.5 Å². The van der Waals surface area contributed by atoms with Crippen molar-refractivity contribution in [3.8, 4) is 5.75 Å². The van der Waals surface area contributed by atoms with Crippen molar-refractivity contribution in [1.29, 1.82) is 0 Å². The summed E-state index contributed by atoms with van der Waals surface area (Å²) < 4.78 is 5.82. The van der Waals surface area contributed by atoms with E-state index in [2.05, 4.69) is 5.32 Å². The van der Waals surface area contributed by atoms with E-state index in [1.807, 2.05) is 52.0 Å². The average molecular weight is 301 g/mol. The molecule has 0 radical (unpaired) electrons. The van der Waals surface area contributed by atoms with Gasteiger partial charge in [-0.05, 0) is 39.3 Å². The fraction of sp³-hybridized carbons (Fsp3) is 0.533. The minimum absolute atomic E-state index is 0. The highest BCUT2D eigenvalue weighted by Crippen LogP contribution is 2.27. The zero-order valence-electron chi connectivity index (χ0n) is 12.6. The summed E-state index contributed by atoms with van der Waals surface area (Å²) >= 11 is 0. The molecule has 1 rings (SSSR count). The third kappa shape index (κ3) is 6.26. The van der Waals surface area contributed by atoms with Crippen molar-refractivity contribution in [3.05, 3.63) is 24.3 Å². The maximum atomic E-state index is 11.9. The van der Waals surface area contributed by atoms with E-state index in [0.717, 1.165) is 6.42 Å². The van der Waals surface area contributed by atoms with Crippen molar-refractivity contribution < 1.29 is 9.53 Å². The lowest BCUT2D eigenvalue weighted by Gasteiger charge is -2.23. The number of nitrogens with one attached hydrogen (secondary N) is 1. The van der Waals surface area contributed by atoms with E-state index in [1.54, 1.807) is 0 Å². The Balaban J connectivity index is 0.00000361. The lowest BCUT2D eigenvalue weighted by molar-refractivity contribution is -0.117. The zero-order chi connectivity index (χ0) is 14.5. The smallest absolute Gasteiger partial charge is 0.241 e. The van der Waals surface area contributed by atoms with Crippen LogP contribution in [-0.2, 0) is 4.79 Å². The number of nitrogens with two attached hydrogens (primary N) is 1. The molecule has 0 spiro atoms. The van der Waals surface area contributed by atoms with Gasteiger partial charge in [0.25, 0.3) is 0 Å². The molecule has 0 aliphatic rings. The number of hydrogen-bond donors (Lipinski definition) is 2. The summed E-state index contributed by atoms with van der Waals surface area (Å²) in [6.45, 7) is 7.90. The first-order valence-corrected chi connectivity index (χ1v) is 6.68. The number of rotatable bonds is 5. The maximum absolute atomic E-state index is 11.9. The van der Waals surface area contributed by atoms with Crippen LogP contribution in [0.15, 0.2) is 24.3 Å². The summed E-state index contributed by atoms with van der Waals surface area (Å²) in [4.78, 5) is 11.9. The molecule has 1 unspecified atom stereocenters. The topological polar surface area (TPSA) is 64.4 Å². The van der Waals surface area contributed by atoms with E-state index in [9.17, 15) is 4.79 Å². The van der Waals surface area contributed by atoms with Gasteiger partial charge in [-0.15, -0.1) is 12.4 Å². The molecular formula is C15H25ClN2O2. The zero-order valence-corrected chi connectivity index (χ0v) is 13.4. The van der Waals surface area contributed by atoms with Gasteiger partial charge in [-0.2, -0.15) is 0 Å². The van der Waals surface area contributed by atoms with Crippen LogP contribution in [0, 0.1) is 0 Å². The number of halogens is 1. The Morgan fingerprint density at radius 1 is 1.35 bits per heavy atom. The molecule has 5 heteroatoms. The second kappa shape index (κ2) is 8.12. The number of carbonyl (C=O) groups is 1. The summed E-state index contributed by atoms with van der Waals surface area (Å²) in [6, 6.07) is 6.91. The summed E-state index contributed by atoms with van der Waals surface area (Å²) in [5.74, 6) is 0.485. The molecular weight excluding hydrogens is 276 g/mol. The van der Waals surface area contributed by atoms with Crippen molar-refractivity contribution >= 4 is 24.0 Å². The fourth-order valence-corrected chi connectivity index (χ4v) is 1.66. The van der Waals surface area contributed by atoms with Crippen LogP contribution in [0.3, 0.4) is 0 Å². The molecule has 0 bridgehead atoms. The Hall–Kier alpha value is -1.26. The summed E-state index contributed by atoms with van der Waals surface area (Å²) in [6.07, 6.45) is 1.56. The Morgan fingerprint density at radius 2 is 1.95 bits per heavy atom. The van der Waals surface area contributed by atoms with Gasteiger partial charge in [0.05, 0.1) is 11.7 Å². The van der Waals surface area contributed by atoms with Crippen molar-refractivity contribution in [3.63, 3.8) is 0 Å². The second-order valence-electron chi connectivity index (χ2n) is 5.60. The summed E-state index contributed by atoms with van der Waals surface area (Å²) in [5.41, 5.74) is 6.15. The molecule has 1 aromatic carbocycles. The van der Waals surface area contributed by atoms with E-state index in [1.165, 1.54) is 0 Å². The van der Waals surface area contributed by atoms with E-state index >= 15 is 0 Å².